The van der Waals surface area contributed by atoms with Gasteiger partial charge >= 0.3 is 0 Å². The number of halogens is 2. The van der Waals surface area contributed by atoms with Crippen LogP contribution in [0, 0.1) is 5.92 Å². The molecule has 0 bridgehead atoms. The van der Waals surface area contributed by atoms with Crippen LogP contribution in [0.3, 0.4) is 0 Å². The number of likely N-dealkylation sites (tertiary alicyclic amines) is 1. The van der Waals surface area contributed by atoms with E-state index in [-0.39, 0.29) is 5.91 Å². The van der Waals surface area contributed by atoms with Gasteiger partial charge < -0.3 is 10.2 Å². The van der Waals surface area contributed by atoms with Gasteiger partial charge in [0.25, 0.3) is 5.91 Å². The van der Waals surface area contributed by atoms with Gasteiger partial charge in [-0.3, -0.25) is 4.79 Å². The van der Waals surface area contributed by atoms with Crippen molar-refractivity contribution in [2.75, 3.05) is 19.6 Å². The molecule has 2 atom stereocenters. The third-order valence-electron chi connectivity index (χ3n) is 3.74. The largest absolute Gasteiger partial charge is 0.336 e. The number of hydrogen-bond acceptors (Lipinski definition) is 3. The number of piperidine rings is 1. The summed E-state index contributed by atoms with van der Waals surface area (Å²) in [5.74, 6) is 0.817. The Labute approximate surface area is 127 Å². The molecule has 3 rings (SSSR count). The van der Waals surface area contributed by atoms with Crippen LogP contribution in [0.4, 0.5) is 0 Å². The van der Waals surface area contributed by atoms with E-state index in [1.54, 1.807) is 0 Å². The quantitative estimate of drug-likeness (QED) is 0.794. The summed E-state index contributed by atoms with van der Waals surface area (Å²) >= 11 is 8.38. The zero-order chi connectivity index (χ0) is 12.7. The van der Waals surface area contributed by atoms with E-state index in [4.69, 9.17) is 0 Å². The zero-order valence-electron chi connectivity index (χ0n) is 9.79. The molecule has 1 aromatic rings. The highest BCUT2D eigenvalue weighted by molar-refractivity contribution is 9.13. The lowest BCUT2D eigenvalue weighted by molar-refractivity contribution is 0.0790. The lowest BCUT2D eigenvalue weighted by atomic mass is 9.94. The van der Waals surface area contributed by atoms with Crippen LogP contribution in [0.15, 0.2) is 14.3 Å². The molecule has 18 heavy (non-hydrogen) atoms. The standard InChI is InChI=1S/C12H14Br2N2OS/c13-8-4-10(18-11(8)14)12(17)16-5-7-2-1-3-15-9(7)6-16/h4,7,9,15H,1-3,5-6H2/t7-,9+/m0/s1. The highest BCUT2D eigenvalue weighted by Crippen LogP contribution is 2.34. The Bertz CT molecular complexity index is 443. The fourth-order valence-corrected chi connectivity index (χ4v) is 4.82. The molecule has 2 fully saturated rings. The topological polar surface area (TPSA) is 32.3 Å². The summed E-state index contributed by atoms with van der Waals surface area (Å²) in [6, 6.07) is 2.42. The maximum atomic E-state index is 12.4. The Morgan fingerprint density at radius 1 is 1.44 bits per heavy atom. The molecule has 2 aliphatic rings. The monoisotopic (exact) mass is 392 g/mol. The van der Waals surface area contributed by atoms with Gasteiger partial charge in [0.2, 0.25) is 0 Å². The number of fused-ring (bicyclic) bond motifs is 1. The predicted molar refractivity (Wildman–Crippen MR) is 80.1 cm³/mol. The maximum absolute atomic E-state index is 12.4. The summed E-state index contributed by atoms with van der Waals surface area (Å²) in [5, 5.41) is 3.52. The lowest BCUT2D eigenvalue weighted by Gasteiger charge is -2.24. The number of hydrogen-bond donors (Lipinski definition) is 1. The fourth-order valence-electron chi connectivity index (χ4n) is 2.82. The van der Waals surface area contributed by atoms with E-state index in [0.29, 0.717) is 12.0 Å². The third kappa shape index (κ3) is 2.40. The SMILES string of the molecule is O=C(c1cc(Br)c(Br)s1)N1C[C@@H]2CCCN[C@@H]2C1. The summed E-state index contributed by atoms with van der Waals surface area (Å²) in [6.45, 7) is 2.86. The fraction of sp³-hybridized carbons (Fsp3) is 0.583. The van der Waals surface area contributed by atoms with Crippen LogP contribution < -0.4 is 5.32 Å². The molecule has 0 unspecified atom stereocenters. The average molecular weight is 394 g/mol. The molecule has 2 saturated heterocycles. The molecular formula is C12H14Br2N2OS. The zero-order valence-corrected chi connectivity index (χ0v) is 13.8. The van der Waals surface area contributed by atoms with Gasteiger partial charge in [-0.05, 0) is 63.2 Å². The van der Waals surface area contributed by atoms with Crippen molar-refractivity contribution >= 4 is 49.1 Å². The number of carbonyl (C=O) groups is 1. The molecule has 0 aromatic carbocycles. The molecule has 3 heterocycles. The predicted octanol–water partition coefficient (Wildman–Crippen LogP) is 3.10. The van der Waals surface area contributed by atoms with Gasteiger partial charge in [0.05, 0.1) is 8.66 Å². The van der Waals surface area contributed by atoms with Gasteiger partial charge in [0, 0.05) is 23.6 Å². The minimum Gasteiger partial charge on any atom is -0.336 e. The minimum atomic E-state index is 0.169. The van der Waals surface area contributed by atoms with Crippen LogP contribution >= 0.6 is 43.2 Å². The highest BCUT2D eigenvalue weighted by Gasteiger charge is 2.37. The first kappa shape index (κ1) is 13.1. The number of carbonyl (C=O) groups excluding carboxylic acids is 1. The summed E-state index contributed by atoms with van der Waals surface area (Å²) < 4.78 is 1.95. The molecular weight excluding hydrogens is 380 g/mol. The second-order valence-electron chi connectivity index (χ2n) is 4.91. The summed E-state index contributed by atoms with van der Waals surface area (Å²) in [6.07, 6.45) is 2.48. The van der Waals surface area contributed by atoms with Crippen molar-refractivity contribution in [1.82, 2.24) is 10.2 Å². The average Bonchev–Trinajstić information content (AvgIpc) is 2.93. The first-order chi connectivity index (χ1) is 8.65. The van der Waals surface area contributed by atoms with Crippen molar-refractivity contribution in [3.05, 3.63) is 19.2 Å². The summed E-state index contributed by atoms with van der Waals surface area (Å²) in [5.41, 5.74) is 0. The summed E-state index contributed by atoms with van der Waals surface area (Å²) in [7, 11) is 0. The Kier molecular flexibility index (Phi) is 3.80. The van der Waals surface area contributed by atoms with Gasteiger partial charge in [-0.1, -0.05) is 0 Å². The number of nitrogens with one attached hydrogen (secondary N) is 1. The van der Waals surface area contributed by atoms with Crippen LogP contribution in [0.2, 0.25) is 0 Å². The Balaban J connectivity index is 1.74. The van der Waals surface area contributed by atoms with E-state index in [1.165, 1.54) is 24.2 Å². The molecule has 3 nitrogen and oxygen atoms in total. The Morgan fingerprint density at radius 3 is 2.94 bits per heavy atom. The number of nitrogens with zero attached hydrogens (tertiary/aromatic N) is 1. The van der Waals surface area contributed by atoms with Crippen LogP contribution in [0.1, 0.15) is 22.5 Å². The number of rotatable bonds is 1. The van der Waals surface area contributed by atoms with Crippen LogP contribution in [0.5, 0.6) is 0 Å². The normalized spacial score (nSPS) is 27.3. The van der Waals surface area contributed by atoms with Crippen molar-refractivity contribution in [3.63, 3.8) is 0 Å². The molecule has 1 amide bonds. The van der Waals surface area contributed by atoms with Crippen LogP contribution in [-0.4, -0.2) is 36.5 Å². The van der Waals surface area contributed by atoms with Gasteiger partial charge in [0.15, 0.2) is 0 Å². The molecule has 0 saturated carbocycles. The van der Waals surface area contributed by atoms with E-state index in [1.807, 2.05) is 11.0 Å². The first-order valence-corrected chi connectivity index (χ1v) is 8.53. The lowest BCUT2D eigenvalue weighted by Crippen LogP contribution is -2.41. The summed E-state index contributed by atoms with van der Waals surface area (Å²) in [4.78, 5) is 15.2. The number of amides is 1. The van der Waals surface area contributed by atoms with Crippen molar-refractivity contribution < 1.29 is 4.79 Å². The van der Waals surface area contributed by atoms with Crippen molar-refractivity contribution in [2.45, 2.75) is 18.9 Å². The minimum absolute atomic E-state index is 0.169. The van der Waals surface area contributed by atoms with E-state index >= 15 is 0 Å². The molecule has 0 spiro atoms. The van der Waals surface area contributed by atoms with Crippen LogP contribution in [-0.2, 0) is 0 Å². The molecule has 0 aliphatic carbocycles. The van der Waals surface area contributed by atoms with Gasteiger partial charge in [-0.25, -0.2) is 0 Å². The molecule has 1 N–H and O–H groups in total. The van der Waals surface area contributed by atoms with E-state index in [9.17, 15) is 4.79 Å². The van der Waals surface area contributed by atoms with Crippen molar-refractivity contribution in [2.24, 2.45) is 5.92 Å². The smallest absolute Gasteiger partial charge is 0.264 e. The second-order valence-corrected chi connectivity index (χ2v) is 8.13. The first-order valence-electron chi connectivity index (χ1n) is 6.12. The molecule has 2 aliphatic heterocycles. The third-order valence-corrected chi connectivity index (χ3v) is 6.99. The molecule has 6 heteroatoms. The second kappa shape index (κ2) is 5.23. The van der Waals surface area contributed by atoms with E-state index in [2.05, 4.69) is 37.2 Å². The molecule has 0 radical (unpaired) electrons. The van der Waals surface area contributed by atoms with Gasteiger partial charge in [0.1, 0.15) is 0 Å². The molecule has 1 aromatic heterocycles. The van der Waals surface area contributed by atoms with Crippen molar-refractivity contribution in [1.29, 1.82) is 0 Å². The van der Waals surface area contributed by atoms with Gasteiger partial charge in [-0.2, -0.15) is 0 Å². The maximum Gasteiger partial charge on any atom is 0.264 e. The molecule has 98 valence electrons. The van der Waals surface area contributed by atoms with Crippen molar-refractivity contribution in [3.8, 4) is 0 Å². The highest BCUT2D eigenvalue weighted by atomic mass is 79.9. The Morgan fingerprint density at radius 2 is 2.28 bits per heavy atom. The number of thiophene rings is 1. The van der Waals surface area contributed by atoms with E-state index in [0.717, 1.165) is 32.8 Å². The van der Waals surface area contributed by atoms with Crippen LogP contribution in [0.25, 0.3) is 0 Å². The van der Waals surface area contributed by atoms with E-state index < -0.39 is 0 Å². The van der Waals surface area contributed by atoms with Gasteiger partial charge in [-0.15, -0.1) is 11.3 Å². The Hall–Kier alpha value is 0.0900.